The predicted octanol–water partition coefficient (Wildman–Crippen LogP) is 5.71. The smallest absolute Gasteiger partial charge is 0.251 e. The standard InChI is InChI=1S/C30H31ClFN7O/c1-33-29(40)19-7-10-22(11-8-19)36-30-35-18-20-13-15-39(26-17-21(31)9-12-23(26)27(20)37-30)28-24(32)5-4-6-25(28)34-14-16-38(2)3/h4-12,17-18,34H,13-16H2,1-3H3,(H,33,40)(H,35,36,37). The van der Waals surface area contributed by atoms with Gasteiger partial charge in [-0.15, -0.1) is 0 Å². The van der Waals surface area contributed by atoms with Crippen LogP contribution in [0.25, 0.3) is 11.3 Å². The van der Waals surface area contributed by atoms with E-state index in [9.17, 15) is 4.79 Å². The quantitative estimate of drug-likeness (QED) is 0.255. The van der Waals surface area contributed by atoms with Crippen molar-refractivity contribution in [2.45, 2.75) is 6.42 Å². The molecule has 40 heavy (non-hydrogen) atoms. The van der Waals surface area contributed by atoms with Gasteiger partial charge in [0.1, 0.15) is 11.5 Å². The summed E-state index contributed by atoms with van der Waals surface area (Å²) in [6.45, 7) is 1.99. The number of rotatable bonds is 8. The Bertz CT molecular complexity index is 1530. The van der Waals surface area contributed by atoms with Crippen LogP contribution in [-0.2, 0) is 6.42 Å². The largest absolute Gasteiger partial charge is 0.382 e. The Morgan fingerprint density at radius 3 is 2.67 bits per heavy atom. The lowest BCUT2D eigenvalue weighted by atomic mass is 10.0. The third-order valence-corrected chi connectivity index (χ3v) is 6.97. The van der Waals surface area contributed by atoms with Gasteiger partial charge in [-0.25, -0.2) is 14.4 Å². The van der Waals surface area contributed by atoms with Gasteiger partial charge in [0, 0.05) is 54.7 Å². The molecule has 4 aromatic rings. The fraction of sp³-hybridized carbons (Fsp3) is 0.233. The van der Waals surface area contributed by atoms with Crippen molar-refractivity contribution in [1.82, 2.24) is 20.2 Å². The van der Waals surface area contributed by atoms with Crippen LogP contribution in [0.2, 0.25) is 5.02 Å². The van der Waals surface area contributed by atoms with Gasteiger partial charge in [0.2, 0.25) is 5.95 Å². The molecule has 0 unspecified atom stereocenters. The van der Waals surface area contributed by atoms with Gasteiger partial charge in [-0.1, -0.05) is 17.7 Å². The average molecular weight is 560 g/mol. The third-order valence-electron chi connectivity index (χ3n) is 6.74. The minimum absolute atomic E-state index is 0.154. The number of hydrogen-bond donors (Lipinski definition) is 3. The van der Waals surface area contributed by atoms with Crippen LogP contribution in [0.1, 0.15) is 15.9 Å². The van der Waals surface area contributed by atoms with Crippen molar-refractivity contribution in [2.24, 2.45) is 0 Å². The Balaban J connectivity index is 1.51. The number of anilines is 5. The molecule has 1 aromatic heterocycles. The van der Waals surface area contributed by atoms with Crippen LogP contribution in [-0.4, -0.2) is 61.6 Å². The first-order chi connectivity index (χ1) is 19.3. The molecule has 0 atom stereocenters. The molecule has 0 fully saturated rings. The Hall–Kier alpha value is -4.21. The maximum Gasteiger partial charge on any atom is 0.251 e. The van der Waals surface area contributed by atoms with Crippen LogP contribution >= 0.6 is 11.6 Å². The molecule has 3 aromatic carbocycles. The Kier molecular flexibility index (Phi) is 8.14. The van der Waals surface area contributed by atoms with Crippen LogP contribution in [0, 0.1) is 5.82 Å². The van der Waals surface area contributed by atoms with Gasteiger partial charge in [0.25, 0.3) is 5.91 Å². The van der Waals surface area contributed by atoms with E-state index in [1.807, 2.05) is 49.5 Å². The van der Waals surface area contributed by atoms with Crippen molar-refractivity contribution < 1.29 is 9.18 Å². The van der Waals surface area contributed by atoms with Gasteiger partial charge in [0.05, 0.1) is 17.1 Å². The molecular weight excluding hydrogens is 529 g/mol. The predicted molar refractivity (Wildman–Crippen MR) is 160 cm³/mol. The summed E-state index contributed by atoms with van der Waals surface area (Å²) < 4.78 is 15.5. The fourth-order valence-electron chi connectivity index (χ4n) is 4.72. The molecule has 206 valence electrons. The van der Waals surface area contributed by atoms with Crippen LogP contribution in [0.5, 0.6) is 0 Å². The van der Waals surface area contributed by atoms with E-state index in [2.05, 4.69) is 25.8 Å². The summed E-state index contributed by atoms with van der Waals surface area (Å²) in [4.78, 5) is 25.3. The number of benzene rings is 3. The summed E-state index contributed by atoms with van der Waals surface area (Å²) in [5.41, 5.74) is 5.81. The van der Waals surface area contributed by atoms with E-state index >= 15 is 4.39 Å². The van der Waals surface area contributed by atoms with Crippen molar-refractivity contribution >= 4 is 46.2 Å². The number of carbonyl (C=O) groups excluding carboxylic acids is 1. The maximum atomic E-state index is 15.5. The highest BCUT2D eigenvalue weighted by molar-refractivity contribution is 6.31. The first kappa shape index (κ1) is 27.4. The van der Waals surface area contributed by atoms with E-state index in [0.717, 1.165) is 34.7 Å². The average Bonchev–Trinajstić information content (AvgIpc) is 3.09. The van der Waals surface area contributed by atoms with E-state index in [1.54, 1.807) is 37.4 Å². The van der Waals surface area contributed by atoms with E-state index in [4.69, 9.17) is 16.6 Å². The van der Waals surface area contributed by atoms with Crippen LogP contribution in [0.3, 0.4) is 0 Å². The Morgan fingerprint density at radius 1 is 1.12 bits per heavy atom. The molecule has 10 heteroatoms. The lowest BCUT2D eigenvalue weighted by molar-refractivity contribution is 0.0963. The minimum Gasteiger partial charge on any atom is -0.382 e. The molecule has 1 amide bonds. The van der Waals surface area contributed by atoms with Gasteiger partial charge in [0.15, 0.2) is 0 Å². The summed E-state index contributed by atoms with van der Waals surface area (Å²) in [5, 5.41) is 9.79. The number of halogens is 2. The van der Waals surface area contributed by atoms with Crippen molar-refractivity contribution in [2.75, 3.05) is 56.3 Å². The molecule has 0 bridgehead atoms. The minimum atomic E-state index is -0.319. The highest BCUT2D eigenvalue weighted by Crippen LogP contribution is 2.43. The molecule has 5 rings (SSSR count). The molecule has 0 saturated carbocycles. The Morgan fingerprint density at radius 2 is 1.93 bits per heavy atom. The number of carbonyl (C=O) groups is 1. The van der Waals surface area contributed by atoms with Crippen molar-refractivity contribution in [1.29, 1.82) is 0 Å². The number of nitrogens with zero attached hydrogens (tertiary/aromatic N) is 4. The molecule has 0 saturated heterocycles. The van der Waals surface area contributed by atoms with E-state index in [1.165, 1.54) is 6.07 Å². The zero-order valence-corrected chi connectivity index (χ0v) is 23.4. The van der Waals surface area contributed by atoms with E-state index in [0.29, 0.717) is 47.4 Å². The van der Waals surface area contributed by atoms with Crippen LogP contribution < -0.4 is 20.9 Å². The summed E-state index contributed by atoms with van der Waals surface area (Å²) >= 11 is 6.48. The molecule has 2 heterocycles. The van der Waals surface area contributed by atoms with Crippen LogP contribution in [0.15, 0.2) is 66.9 Å². The number of nitrogens with one attached hydrogen (secondary N) is 3. The molecule has 0 aliphatic carbocycles. The number of fused-ring (bicyclic) bond motifs is 3. The third kappa shape index (κ3) is 5.85. The normalized spacial score (nSPS) is 12.4. The number of amides is 1. The van der Waals surface area contributed by atoms with Gasteiger partial charge in [-0.05, 0) is 80.7 Å². The molecule has 8 nitrogen and oxygen atoms in total. The molecule has 0 radical (unpaired) electrons. The zero-order chi connectivity index (χ0) is 28.2. The van der Waals surface area contributed by atoms with E-state index < -0.39 is 0 Å². The van der Waals surface area contributed by atoms with Gasteiger partial charge < -0.3 is 25.8 Å². The zero-order valence-electron chi connectivity index (χ0n) is 22.6. The van der Waals surface area contributed by atoms with Gasteiger partial charge in [-0.3, -0.25) is 4.79 Å². The van der Waals surface area contributed by atoms with Crippen molar-refractivity contribution in [3.05, 3.63) is 88.8 Å². The highest BCUT2D eigenvalue weighted by atomic mass is 35.5. The maximum absolute atomic E-state index is 15.5. The number of hydrogen-bond acceptors (Lipinski definition) is 7. The lowest BCUT2D eigenvalue weighted by Crippen LogP contribution is -2.24. The van der Waals surface area contributed by atoms with Gasteiger partial charge >= 0.3 is 0 Å². The van der Waals surface area contributed by atoms with Gasteiger partial charge in [-0.2, -0.15) is 0 Å². The van der Waals surface area contributed by atoms with Crippen molar-refractivity contribution in [3.63, 3.8) is 0 Å². The topological polar surface area (TPSA) is 85.4 Å². The van der Waals surface area contributed by atoms with E-state index in [-0.39, 0.29) is 11.7 Å². The Labute approximate surface area is 238 Å². The summed E-state index contributed by atoms with van der Waals surface area (Å²) in [6.07, 6.45) is 2.41. The first-order valence-corrected chi connectivity index (χ1v) is 13.4. The fourth-order valence-corrected chi connectivity index (χ4v) is 4.89. The second kappa shape index (κ2) is 11.9. The van der Waals surface area contributed by atoms with Crippen LogP contribution in [0.4, 0.5) is 33.1 Å². The molecular formula is C30H31ClFN7O. The molecule has 0 spiro atoms. The lowest BCUT2D eigenvalue weighted by Gasteiger charge is -2.28. The number of aromatic nitrogens is 2. The molecule has 1 aliphatic heterocycles. The molecule has 3 N–H and O–H groups in total. The second-order valence-electron chi connectivity index (χ2n) is 9.78. The summed E-state index contributed by atoms with van der Waals surface area (Å²) in [7, 11) is 5.60. The number of para-hydroxylation sites is 1. The number of likely N-dealkylation sites (N-methyl/N-ethyl adjacent to an activating group) is 1. The summed E-state index contributed by atoms with van der Waals surface area (Å²) in [6, 6.07) is 17.8. The van der Waals surface area contributed by atoms with Crippen molar-refractivity contribution in [3.8, 4) is 11.3 Å². The molecule has 1 aliphatic rings. The SMILES string of the molecule is CNC(=O)c1ccc(Nc2ncc3c(n2)-c2ccc(Cl)cc2N(c2c(F)cccc2NCCN(C)C)CC3)cc1. The first-order valence-electron chi connectivity index (χ1n) is 13.0. The second-order valence-corrected chi connectivity index (χ2v) is 10.2. The highest BCUT2D eigenvalue weighted by Gasteiger charge is 2.26. The summed E-state index contributed by atoms with van der Waals surface area (Å²) in [5.74, 6) is -0.0586. The monoisotopic (exact) mass is 559 g/mol.